The number of carbonyl (C=O) groups excluding carboxylic acids is 1. The van der Waals surface area contributed by atoms with Gasteiger partial charge in [-0.25, -0.2) is 0 Å². The van der Waals surface area contributed by atoms with E-state index in [0.29, 0.717) is 31.0 Å². The van der Waals surface area contributed by atoms with Gasteiger partial charge in [-0.15, -0.1) is 24.8 Å². The molecule has 0 atom stereocenters. The molecule has 0 bridgehead atoms. The Morgan fingerprint density at radius 2 is 1.64 bits per heavy atom. The molecular formula is C19H27Cl2N3O4. The zero-order chi connectivity index (χ0) is 18.5. The summed E-state index contributed by atoms with van der Waals surface area (Å²) < 4.78 is 15.9. The molecule has 2 aromatic rings. The first-order chi connectivity index (χ1) is 12.6. The summed E-state index contributed by atoms with van der Waals surface area (Å²) in [4.78, 5) is 16.7. The lowest BCUT2D eigenvalue weighted by Gasteiger charge is -2.34. The zero-order valence-corrected chi connectivity index (χ0v) is 17.7. The van der Waals surface area contributed by atoms with Gasteiger partial charge in [0.05, 0.1) is 26.3 Å². The highest BCUT2D eigenvalue weighted by molar-refractivity contribution is 5.94. The fourth-order valence-corrected chi connectivity index (χ4v) is 3.11. The summed E-state index contributed by atoms with van der Waals surface area (Å²) in [5, 5.41) is 0. The van der Waals surface area contributed by atoms with Crippen LogP contribution in [0.25, 0.3) is 0 Å². The molecule has 0 unspecified atom stereocenters. The van der Waals surface area contributed by atoms with Gasteiger partial charge in [0.15, 0.2) is 0 Å². The van der Waals surface area contributed by atoms with Crippen molar-refractivity contribution in [1.29, 1.82) is 0 Å². The van der Waals surface area contributed by atoms with Crippen LogP contribution in [-0.4, -0.2) is 56.1 Å². The lowest BCUT2D eigenvalue weighted by Crippen LogP contribution is -2.48. The van der Waals surface area contributed by atoms with E-state index in [1.807, 2.05) is 23.1 Å². The van der Waals surface area contributed by atoms with Crippen LogP contribution in [0.15, 0.2) is 34.9 Å². The minimum absolute atomic E-state index is 0. The van der Waals surface area contributed by atoms with Gasteiger partial charge < -0.3 is 24.5 Å². The third kappa shape index (κ3) is 5.78. The standard InChI is InChI=1S/C19H25N3O4.2ClH/c1-24-16-7-14(8-17(10-16)25-2)12-21-3-5-22(6-4-21)19(23)15-9-18(11-20)26-13-15;;/h7-10,13H,3-6,11-12,20H2,1-2H3;2*1H. The number of methoxy groups -OCH3 is 2. The fourth-order valence-electron chi connectivity index (χ4n) is 3.11. The average Bonchev–Trinajstić information content (AvgIpc) is 3.17. The molecule has 9 heteroatoms. The minimum Gasteiger partial charge on any atom is -0.497 e. The topological polar surface area (TPSA) is 81.2 Å². The van der Waals surface area contributed by atoms with Crippen LogP contribution in [0.2, 0.25) is 0 Å². The molecule has 1 aliphatic rings. The first-order valence-electron chi connectivity index (χ1n) is 8.64. The zero-order valence-electron chi connectivity index (χ0n) is 16.1. The number of halogens is 2. The van der Waals surface area contributed by atoms with Crippen LogP contribution in [0.4, 0.5) is 0 Å². The number of hydrogen-bond acceptors (Lipinski definition) is 6. The molecule has 156 valence electrons. The summed E-state index contributed by atoms with van der Waals surface area (Å²) in [5.41, 5.74) is 7.23. The Labute approximate surface area is 177 Å². The van der Waals surface area contributed by atoms with Crippen molar-refractivity contribution < 1.29 is 18.7 Å². The Kier molecular flexibility index (Phi) is 9.61. The van der Waals surface area contributed by atoms with E-state index in [1.165, 1.54) is 6.26 Å². The predicted molar refractivity (Wildman–Crippen MR) is 112 cm³/mol. The molecular weight excluding hydrogens is 405 g/mol. The average molecular weight is 432 g/mol. The molecule has 0 radical (unpaired) electrons. The van der Waals surface area contributed by atoms with Gasteiger partial charge in [-0.2, -0.15) is 0 Å². The Balaban J connectivity index is 0.00000196. The largest absolute Gasteiger partial charge is 0.497 e. The predicted octanol–water partition coefficient (Wildman–Crippen LogP) is 2.56. The Morgan fingerprint density at radius 3 is 2.14 bits per heavy atom. The van der Waals surface area contributed by atoms with Crippen molar-refractivity contribution in [3.8, 4) is 11.5 Å². The highest BCUT2D eigenvalue weighted by Gasteiger charge is 2.23. The molecule has 1 aromatic heterocycles. The van der Waals surface area contributed by atoms with E-state index in [-0.39, 0.29) is 30.7 Å². The van der Waals surface area contributed by atoms with Gasteiger partial charge in [0.25, 0.3) is 5.91 Å². The van der Waals surface area contributed by atoms with Gasteiger partial charge in [-0.3, -0.25) is 9.69 Å². The Morgan fingerprint density at radius 1 is 1.04 bits per heavy atom. The second-order valence-electron chi connectivity index (χ2n) is 6.30. The highest BCUT2D eigenvalue weighted by atomic mass is 35.5. The number of rotatable bonds is 6. The number of hydrogen-bond donors (Lipinski definition) is 1. The van der Waals surface area contributed by atoms with Gasteiger partial charge in [-0.1, -0.05) is 0 Å². The van der Waals surface area contributed by atoms with Crippen LogP contribution < -0.4 is 15.2 Å². The Hall–Kier alpha value is -1.93. The molecule has 1 saturated heterocycles. The summed E-state index contributed by atoms with van der Waals surface area (Å²) in [5.74, 6) is 2.18. The quantitative estimate of drug-likeness (QED) is 0.756. The maximum absolute atomic E-state index is 12.5. The molecule has 3 rings (SSSR count). The van der Waals surface area contributed by atoms with E-state index < -0.39 is 0 Å². The summed E-state index contributed by atoms with van der Waals surface area (Å²) in [6.07, 6.45) is 1.49. The number of amides is 1. The lowest BCUT2D eigenvalue weighted by atomic mass is 10.1. The molecule has 0 spiro atoms. The van der Waals surface area contributed by atoms with Crippen LogP contribution >= 0.6 is 24.8 Å². The summed E-state index contributed by atoms with van der Waals surface area (Å²) in [6, 6.07) is 7.61. The van der Waals surface area contributed by atoms with Crippen molar-refractivity contribution in [3.05, 3.63) is 47.4 Å². The maximum atomic E-state index is 12.5. The molecule has 2 heterocycles. The third-order valence-corrected chi connectivity index (χ3v) is 4.58. The van der Waals surface area contributed by atoms with Crippen molar-refractivity contribution in [1.82, 2.24) is 9.80 Å². The van der Waals surface area contributed by atoms with E-state index in [2.05, 4.69) is 4.90 Å². The van der Waals surface area contributed by atoms with Gasteiger partial charge in [0, 0.05) is 38.8 Å². The first kappa shape index (κ1) is 24.1. The van der Waals surface area contributed by atoms with Crippen molar-refractivity contribution >= 4 is 30.7 Å². The van der Waals surface area contributed by atoms with E-state index in [9.17, 15) is 4.79 Å². The molecule has 1 aromatic carbocycles. The monoisotopic (exact) mass is 431 g/mol. The molecule has 0 saturated carbocycles. The summed E-state index contributed by atoms with van der Waals surface area (Å²) in [7, 11) is 3.30. The summed E-state index contributed by atoms with van der Waals surface area (Å²) >= 11 is 0. The molecule has 28 heavy (non-hydrogen) atoms. The van der Waals surface area contributed by atoms with Crippen LogP contribution in [0.1, 0.15) is 21.7 Å². The normalized spacial score (nSPS) is 14.0. The first-order valence-corrected chi connectivity index (χ1v) is 8.64. The van der Waals surface area contributed by atoms with Crippen LogP contribution in [-0.2, 0) is 13.1 Å². The van der Waals surface area contributed by atoms with Crippen LogP contribution in [0.5, 0.6) is 11.5 Å². The molecule has 1 amide bonds. The lowest BCUT2D eigenvalue weighted by molar-refractivity contribution is 0.0627. The van der Waals surface area contributed by atoms with Gasteiger partial charge >= 0.3 is 0 Å². The van der Waals surface area contributed by atoms with E-state index in [1.54, 1.807) is 20.3 Å². The number of nitrogens with zero attached hydrogens (tertiary/aromatic N) is 2. The Bertz CT molecular complexity index is 739. The molecule has 0 aliphatic carbocycles. The number of carbonyl (C=O) groups is 1. The van der Waals surface area contributed by atoms with Gasteiger partial charge in [-0.05, 0) is 23.8 Å². The molecule has 1 fully saturated rings. The van der Waals surface area contributed by atoms with Crippen molar-refractivity contribution in [2.75, 3.05) is 40.4 Å². The number of furan rings is 1. The summed E-state index contributed by atoms with van der Waals surface area (Å²) in [6.45, 7) is 4.08. The highest BCUT2D eigenvalue weighted by Crippen LogP contribution is 2.24. The van der Waals surface area contributed by atoms with Crippen molar-refractivity contribution in [2.45, 2.75) is 13.1 Å². The van der Waals surface area contributed by atoms with Crippen molar-refractivity contribution in [2.24, 2.45) is 5.73 Å². The number of piperazine rings is 1. The van der Waals surface area contributed by atoms with Gasteiger partial charge in [0.1, 0.15) is 23.5 Å². The van der Waals surface area contributed by atoms with Gasteiger partial charge in [0.2, 0.25) is 0 Å². The molecule has 7 nitrogen and oxygen atoms in total. The smallest absolute Gasteiger partial charge is 0.257 e. The molecule has 2 N–H and O–H groups in total. The third-order valence-electron chi connectivity index (χ3n) is 4.58. The minimum atomic E-state index is -0.00357. The van der Waals surface area contributed by atoms with E-state index >= 15 is 0 Å². The van der Waals surface area contributed by atoms with Crippen LogP contribution in [0.3, 0.4) is 0 Å². The second kappa shape index (κ2) is 11.2. The molecule has 1 aliphatic heterocycles. The second-order valence-corrected chi connectivity index (χ2v) is 6.30. The van der Waals surface area contributed by atoms with Crippen LogP contribution in [0, 0.1) is 0 Å². The SMILES string of the molecule is COc1cc(CN2CCN(C(=O)c3coc(CN)c3)CC2)cc(OC)c1.Cl.Cl. The maximum Gasteiger partial charge on any atom is 0.257 e. The number of ether oxygens (including phenoxy) is 2. The van der Waals surface area contributed by atoms with Crippen molar-refractivity contribution in [3.63, 3.8) is 0 Å². The number of benzene rings is 1. The number of nitrogens with two attached hydrogens (primary N) is 1. The van der Waals surface area contributed by atoms with E-state index in [0.717, 1.165) is 36.7 Å². The van der Waals surface area contributed by atoms with E-state index in [4.69, 9.17) is 19.6 Å². The fraction of sp³-hybridized carbons (Fsp3) is 0.421.